The standard InChI is InChI=1S/C20H21N3O4/c1-13-8-19(24)22-15-4-2-3-5-16(15)23(13)20(25)11-21-10-14-6-7-17-18(9-14)27-12-26-17/h2-7,9,13,21H,8,10-12H2,1H3,(H,22,24)/t13-/m1/s1. The number of para-hydroxylation sites is 2. The highest BCUT2D eigenvalue weighted by Crippen LogP contribution is 2.33. The maximum Gasteiger partial charge on any atom is 0.241 e. The Morgan fingerprint density at radius 1 is 1.22 bits per heavy atom. The molecule has 0 radical (unpaired) electrons. The summed E-state index contributed by atoms with van der Waals surface area (Å²) in [6, 6.07) is 12.9. The van der Waals surface area contributed by atoms with Gasteiger partial charge in [-0.2, -0.15) is 0 Å². The number of ether oxygens (including phenoxy) is 2. The van der Waals surface area contributed by atoms with Crippen LogP contribution in [-0.2, 0) is 16.1 Å². The highest BCUT2D eigenvalue weighted by molar-refractivity contribution is 6.04. The summed E-state index contributed by atoms with van der Waals surface area (Å²) in [4.78, 5) is 26.6. The van der Waals surface area contributed by atoms with Crippen LogP contribution in [0.5, 0.6) is 11.5 Å². The minimum Gasteiger partial charge on any atom is -0.454 e. The second kappa shape index (κ2) is 7.28. The fourth-order valence-electron chi connectivity index (χ4n) is 3.42. The lowest BCUT2D eigenvalue weighted by Gasteiger charge is -2.28. The number of nitrogens with zero attached hydrogens (tertiary/aromatic N) is 1. The van der Waals surface area contributed by atoms with Gasteiger partial charge in [0.25, 0.3) is 0 Å². The maximum absolute atomic E-state index is 12.9. The first kappa shape index (κ1) is 17.4. The number of rotatable bonds is 4. The molecule has 0 saturated carbocycles. The molecule has 2 aromatic rings. The summed E-state index contributed by atoms with van der Waals surface area (Å²) in [5.74, 6) is 1.30. The zero-order valence-corrected chi connectivity index (χ0v) is 15.0. The van der Waals surface area contributed by atoms with Crippen molar-refractivity contribution in [1.82, 2.24) is 5.32 Å². The molecule has 2 aliphatic rings. The number of hydrogen-bond acceptors (Lipinski definition) is 5. The van der Waals surface area contributed by atoms with Crippen LogP contribution in [0.2, 0.25) is 0 Å². The van der Waals surface area contributed by atoms with Crippen LogP contribution in [0, 0.1) is 0 Å². The maximum atomic E-state index is 12.9. The molecule has 2 N–H and O–H groups in total. The van der Waals surface area contributed by atoms with Crippen LogP contribution in [0.3, 0.4) is 0 Å². The smallest absolute Gasteiger partial charge is 0.241 e. The van der Waals surface area contributed by atoms with Gasteiger partial charge >= 0.3 is 0 Å². The summed E-state index contributed by atoms with van der Waals surface area (Å²) in [5, 5.41) is 6.04. The Balaban J connectivity index is 1.43. The Morgan fingerprint density at radius 2 is 2.04 bits per heavy atom. The first-order valence-corrected chi connectivity index (χ1v) is 8.92. The van der Waals surface area contributed by atoms with Gasteiger partial charge in [-0.3, -0.25) is 9.59 Å². The van der Waals surface area contributed by atoms with Crippen molar-refractivity contribution in [2.45, 2.75) is 25.9 Å². The van der Waals surface area contributed by atoms with E-state index in [0.717, 1.165) is 22.7 Å². The molecule has 2 amide bonds. The first-order chi connectivity index (χ1) is 13.1. The second-order valence-electron chi connectivity index (χ2n) is 6.67. The Bertz CT molecular complexity index is 883. The van der Waals surface area contributed by atoms with Gasteiger partial charge in [0.2, 0.25) is 18.6 Å². The van der Waals surface area contributed by atoms with Gasteiger partial charge in [-0.15, -0.1) is 0 Å². The monoisotopic (exact) mass is 367 g/mol. The van der Waals surface area contributed by atoms with E-state index in [9.17, 15) is 9.59 Å². The zero-order valence-electron chi connectivity index (χ0n) is 15.0. The van der Waals surface area contributed by atoms with E-state index >= 15 is 0 Å². The van der Waals surface area contributed by atoms with Gasteiger partial charge in [-0.25, -0.2) is 0 Å². The van der Waals surface area contributed by atoms with E-state index in [4.69, 9.17) is 9.47 Å². The van der Waals surface area contributed by atoms with Crippen LogP contribution in [0.25, 0.3) is 0 Å². The van der Waals surface area contributed by atoms with Crippen molar-refractivity contribution in [2.75, 3.05) is 23.6 Å². The third-order valence-corrected chi connectivity index (χ3v) is 4.67. The predicted octanol–water partition coefficient (Wildman–Crippen LogP) is 2.27. The molecule has 2 aliphatic heterocycles. The van der Waals surface area contributed by atoms with Gasteiger partial charge in [-0.05, 0) is 36.8 Å². The van der Waals surface area contributed by atoms with Crippen LogP contribution >= 0.6 is 0 Å². The number of hydrogen-bond donors (Lipinski definition) is 2. The third-order valence-electron chi connectivity index (χ3n) is 4.67. The van der Waals surface area contributed by atoms with Crippen LogP contribution in [0.1, 0.15) is 18.9 Å². The van der Waals surface area contributed by atoms with Crippen molar-refractivity contribution < 1.29 is 19.1 Å². The third kappa shape index (κ3) is 3.59. The van der Waals surface area contributed by atoms with Gasteiger partial charge < -0.3 is 25.0 Å². The number of amides is 2. The van der Waals surface area contributed by atoms with E-state index in [-0.39, 0.29) is 37.6 Å². The summed E-state index contributed by atoms with van der Waals surface area (Å²) in [6.45, 7) is 2.83. The number of fused-ring (bicyclic) bond motifs is 2. The molecule has 0 fully saturated rings. The molecule has 0 saturated heterocycles. The number of benzene rings is 2. The summed E-state index contributed by atoms with van der Waals surface area (Å²) < 4.78 is 10.7. The lowest BCUT2D eigenvalue weighted by atomic mass is 10.1. The van der Waals surface area contributed by atoms with Crippen molar-refractivity contribution in [1.29, 1.82) is 0 Å². The van der Waals surface area contributed by atoms with E-state index in [0.29, 0.717) is 12.2 Å². The van der Waals surface area contributed by atoms with Crippen molar-refractivity contribution >= 4 is 23.2 Å². The number of anilines is 2. The quantitative estimate of drug-likeness (QED) is 0.867. The Kier molecular flexibility index (Phi) is 4.68. The molecule has 4 rings (SSSR count). The Morgan fingerprint density at radius 3 is 2.93 bits per heavy atom. The molecular formula is C20H21N3O4. The fourth-order valence-corrected chi connectivity index (χ4v) is 3.42. The van der Waals surface area contributed by atoms with Crippen molar-refractivity contribution in [2.24, 2.45) is 0 Å². The minimum atomic E-state index is -0.214. The molecule has 1 atom stereocenters. The normalized spacial score (nSPS) is 17.9. The Hall–Kier alpha value is -3.06. The molecule has 27 heavy (non-hydrogen) atoms. The molecular weight excluding hydrogens is 346 g/mol. The average molecular weight is 367 g/mol. The summed E-state index contributed by atoms with van der Waals surface area (Å²) >= 11 is 0. The van der Waals surface area contributed by atoms with Gasteiger partial charge in [0.1, 0.15) is 0 Å². The topological polar surface area (TPSA) is 79.9 Å². The molecule has 0 unspecified atom stereocenters. The van der Waals surface area contributed by atoms with Crippen molar-refractivity contribution in [3.63, 3.8) is 0 Å². The lowest BCUT2D eigenvalue weighted by Crippen LogP contribution is -2.43. The first-order valence-electron chi connectivity index (χ1n) is 8.92. The minimum absolute atomic E-state index is 0.0767. The zero-order chi connectivity index (χ0) is 18.8. The van der Waals surface area contributed by atoms with Crippen molar-refractivity contribution in [3.05, 3.63) is 48.0 Å². The number of carbonyl (C=O) groups excluding carboxylic acids is 2. The lowest BCUT2D eigenvalue weighted by molar-refractivity contribution is -0.118. The Labute approximate surface area is 157 Å². The van der Waals surface area contributed by atoms with Crippen LogP contribution in [0.4, 0.5) is 11.4 Å². The average Bonchev–Trinajstić information content (AvgIpc) is 3.06. The summed E-state index contributed by atoms with van der Waals surface area (Å²) in [5.41, 5.74) is 2.40. The van der Waals surface area contributed by atoms with Gasteiger partial charge in [0.05, 0.1) is 17.9 Å². The largest absolute Gasteiger partial charge is 0.454 e. The molecule has 0 spiro atoms. The highest BCUT2D eigenvalue weighted by Gasteiger charge is 2.29. The van der Waals surface area contributed by atoms with Crippen molar-refractivity contribution in [3.8, 4) is 11.5 Å². The second-order valence-corrected chi connectivity index (χ2v) is 6.67. The van der Waals surface area contributed by atoms with Gasteiger partial charge in [0, 0.05) is 19.0 Å². The van der Waals surface area contributed by atoms with E-state index < -0.39 is 0 Å². The fraction of sp³-hybridized carbons (Fsp3) is 0.300. The summed E-state index contributed by atoms with van der Waals surface area (Å²) in [7, 11) is 0. The summed E-state index contributed by atoms with van der Waals surface area (Å²) in [6.07, 6.45) is 0.266. The molecule has 7 nitrogen and oxygen atoms in total. The molecule has 140 valence electrons. The van der Waals surface area contributed by atoms with Gasteiger partial charge in [-0.1, -0.05) is 18.2 Å². The molecule has 0 bridgehead atoms. The van der Waals surface area contributed by atoms with Crippen LogP contribution < -0.4 is 25.0 Å². The van der Waals surface area contributed by atoms with Crippen LogP contribution in [0.15, 0.2) is 42.5 Å². The number of carbonyl (C=O) groups is 2. The molecule has 0 aliphatic carbocycles. The molecule has 2 aromatic carbocycles. The SMILES string of the molecule is C[C@@H]1CC(=O)Nc2ccccc2N1C(=O)CNCc1ccc2c(c1)OCO2. The molecule has 0 aromatic heterocycles. The van der Waals surface area contributed by atoms with E-state index in [1.807, 2.05) is 49.4 Å². The highest BCUT2D eigenvalue weighted by atomic mass is 16.7. The number of nitrogens with one attached hydrogen (secondary N) is 2. The predicted molar refractivity (Wildman–Crippen MR) is 101 cm³/mol. The van der Waals surface area contributed by atoms with E-state index in [2.05, 4.69) is 10.6 Å². The van der Waals surface area contributed by atoms with Crippen LogP contribution in [-0.4, -0.2) is 31.2 Å². The van der Waals surface area contributed by atoms with E-state index in [1.54, 1.807) is 4.90 Å². The van der Waals surface area contributed by atoms with E-state index in [1.165, 1.54) is 0 Å². The molecule has 7 heteroatoms. The van der Waals surface area contributed by atoms with Gasteiger partial charge in [0.15, 0.2) is 11.5 Å². The molecule has 2 heterocycles.